The third-order valence-electron chi connectivity index (χ3n) is 0. The molecule has 1 radical (unpaired) electrons. The molecule has 0 spiro atoms. The van der Waals surface area contributed by atoms with E-state index in [1.807, 2.05) is 0 Å². The van der Waals surface area contributed by atoms with Gasteiger partial charge in [-0.15, -0.1) is 0 Å². The average molecular weight is 246 g/mol. The monoisotopic (exact) mass is 246 g/mol. The van der Waals surface area contributed by atoms with Crippen LogP contribution in [0, 0.1) is 0 Å². The van der Waals surface area contributed by atoms with Gasteiger partial charge in [-0.1, -0.05) is 0 Å². The van der Waals surface area contributed by atoms with E-state index < -0.39 is 10.4 Å². The van der Waals surface area contributed by atoms with E-state index in [2.05, 4.69) is 24.7 Å². The Kier molecular flexibility index (Phi) is 16.3. The summed E-state index contributed by atoms with van der Waals surface area (Å²) in [5.41, 5.74) is 0. The summed E-state index contributed by atoms with van der Waals surface area (Å²) in [6, 6.07) is 0. The van der Waals surface area contributed by atoms with Gasteiger partial charge >= 0.3 is 41.5 Å². The van der Waals surface area contributed by atoms with Crippen molar-refractivity contribution < 1.29 is 48.4 Å². The van der Waals surface area contributed by atoms with Crippen LogP contribution in [0.3, 0.4) is 0 Å². The fraction of sp³-hybridized carbons (Fsp3) is 0. The molecule has 0 aliphatic rings. The van der Waals surface area contributed by atoms with Crippen molar-refractivity contribution in [3.05, 3.63) is 0 Å². The van der Waals surface area contributed by atoms with Crippen LogP contribution in [0.25, 0.3) is 0 Å². The summed E-state index contributed by atoms with van der Waals surface area (Å²) < 4.78 is 34.1. The maximum atomic E-state index is 8.52. The molecule has 0 unspecified atom stereocenters. The summed E-state index contributed by atoms with van der Waals surface area (Å²) in [6.07, 6.45) is 0. The topological polar surface area (TPSA) is 80.3 Å². The van der Waals surface area contributed by atoms with Gasteiger partial charge in [0.05, 0.1) is 0 Å². The van der Waals surface area contributed by atoms with Gasteiger partial charge in [-0.05, 0) is 0 Å². The van der Waals surface area contributed by atoms with Crippen LogP contribution in [0.4, 0.5) is 0 Å². The van der Waals surface area contributed by atoms with Crippen LogP contribution in [0.2, 0.25) is 0 Å². The van der Waals surface area contributed by atoms with Crippen LogP contribution < -0.4 is 0 Å². The van der Waals surface area contributed by atoms with Crippen molar-refractivity contribution in [2.75, 3.05) is 0 Å². The first-order chi connectivity index (χ1) is 3.00. The third-order valence-corrected chi connectivity index (χ3v) is 0. The summed E-state index contributed by atoms with van der Waals surface area (Å²) in [7, 11) is -1.40. The molecule has 8 heteroatoms. The Balaban J connectivity index is -0.0000000750. The minimum absolute atomic E-state index is 0. The van der Waals surface area contributed by atoms with Crippen molar-refractivity contribution in [2.45, 2.75) is 0 Å². The molecule has 0 rings (SSSR count). The molecule has 0 saturated heterocycles. The van der Waals surface area contributed by atoms with Crippen LogP contribution in [0.5, 0.6) is 0 Å². The molecule has 0 fully saturated rings. The molecule has 0 aliphatic heterocycles. The molecule has 8 heavy (non-hydrogen) atoms. The summed E-state index contributed by atoms with van der Waals surface area (Å²) in [5.74, 6) is 0. The fourth-order valence-corrected chi connectivity index (χ4v) is 0. The molecule has 0 heterocycles. The molecule has 0 atom stereocenters. The van der Waals surface area contributed by atoms with E-state index in [9.17, 15) is 0 Å². The molecule has 0 saturated carbocycles. The van der Waals surface area contributed by atoms with Crippen LogP contribution in [-0.2, 0) is 41.3 Å². The van der Waals surface area contributed by atoms with E-state index in [-0.39, 0.29) is 16.8 Å². The fourth-order valence-electron chi connectivity index (χ4n) is 0. The van der Waals surface area contributed by atoms with Crippen LogP contribution in [0.1, 0.15) is 0 Å². The van der Waals surface area contributed by atoms with E-state index in [1.54, 1.807) is 0 Å². The molecular weight excluding hydrogens is 246 g/mol. The van der Waals surface area contributed by atoms with Gasteiger partial charge in [0.15, 0.2) is 0 Å². The van der Waals surface area contributed by atoms with E-state index in [1.165, 1.54) is 0 Å². The number of hydrogen-bond donors (Lipinski definition) is 0. The van der Waals surface area contributed by atoms with E-state index in [4.69, 9.17) is 17.5 Å². The predicted octanol–water partition coefficient (Wildman–Crippen LogP) is -0.695. The number of rotatable bonds is 0. The second-order valence-corrected chi connectivity index (χ2v) is 1.22. The van der Waals surface area contributed by atoms with Gasteiger partial charge in [0.2, 0.25) is 0 Å². The van der Waals surface area contributed by atoms with Crippen molar-refractivity contribution in [1.82, 2.24) is 0 Å². The van der Waals surface area contributed by atoms with Gasteiger partial charge in [0.25, 0.3) is 0 Å². The minimum atomic E-state index is -5.17. The van der Waals surface area contributed by atoms with Crippen molar-refractivity contribution in [3.63, 3.8) is 0 Å². The standard InChI is InChI=1S/2Co.H2O4S.S/c;;1-5(2,3)4;/h;;(H2,1,2,3,4);/q;+2;;/p-2. The summed E-state index contributed by atoms with van der Waals surface area (Å²) >= 11 is 3.15. The second-order valence-electron chi connectivity index (χ2n) is 0.408. The normalized spacial score (nSPS) is 7.88. The Morgan fingerprint density at radius 1 is 1.25 bits per heavy atom. The Labute approximate surface area is 69.3 Å². The predicted molar refractivity (Wildman–Crippen MR) is 18.1 cm³/mol. The summed E-state index contributed by atoms with van der Waals surface area (Å²) in [6.45, 7) is 0. The molecule has 0 N–H and O–H groups in total. The van der Waals surface area contributed by atoms with Crippen LogP contribution >= 0.6 is 10.6 Å². The summed E-state index contributed by atoms with van der Waals surface area (Å²) in [4.78, 5) is 0. The molecule has 0 aromatic heterocycles. The van der Waals surface area contributed by atoms with Crippen molar-refractivity contribution in [1.29, 1.82) is 0 Å². The number of hydrogen-bond acceptors (Lipinski definition) is 5. The second kappa shape index (κ2) is 8.10. The first-order valence-corrected chi connectivity index (χ1v) is 3.68. The van der Waals surface area contributed by atoms with Gasteiger partial charge < -0.3 is 9.11 Å². The molecule has 4 nitrogen and oxygen atoms in total. The van der Waals surface area contributed by atoms with Gasteiger partial charge in [-0.3, -0.25) is 8.42 Å². The van der Waals surface area contributed by atoms with Crippen LogP contribution in [0.15, 0.2) is 0 Å². The van der Waals surface area contributed by atoms with Crippen molar-refractivity contribution in [3.8, 4) is 0 Å². The third kappa shape index (κ3) is 217. The molecule has 0 aliphatic carbocycles. The molecule has 0 aromatic carbocycles. The Bertz CT molecular complexity index is 106. The van der Waals surface area contributed by atoms with Crippen LogP contribution in [-0.4, -0.2) is 17.5 Å². The zero-order chi connectivity index (χ0) is 6.50. The maximum absolute atomic E-state index is 8.52. The van der Waals surface area contributed by atoms with Gasteiger partial charge in [0, 0.05) is 10.4 Å². The van der Waals surface area contributed by atoms with E-state index in [0.717, 1.165) is 0 Å². The van der Waals surface area contributed by atoms with Crippen molar-refractivity contribution >= 4 is 21.0 Å². The Morgan fingerprint density at radius 3 is 1.25 bits per heavy atom. The Hall–Kier alpha value is 1.10. The van der Waals surface area contributed by atoms with E-state index in [0.29, 0.717) is 0 Å². The molecule has 0 aromatic rings. The van der Waals surface area contributed by atoms with Gasteiger partial charge in [0.1, 0.15) is 0 Å². The molecule has 0 bridgehead atoms. The molecule has 0 amide bonds. The van der Waals surface area contributed by atoms with Gasteiger partial charge in [-0.2, -0.15) is 0 Å². The summed E-state index contributed by atoms with van der Waals surface area (Å²) in [5, 5.41) is 0. The quantitative estimate of drug-likeness (QED) is 0.417. The van der Waals surface area contributed by atoms with E-state index >= 15 is 0 Å². The SMILES string of the molecule is O=S(=O)([O-])[O-].[Co+2].[S]=[Co]. The van der Waals surface area contributed by atoms with Gasteiger partial charge in [-0.25, -0.2) is 0 Å². The van der Waals surface area contributed by atoms with Crippen molar-refractivity contribution in [2.24, 2.45) is 0 Å². The average Bonchev–Trinajstić information content (AvgIpc) is 1.36. The molecular formula is Co2O4S2. The zero-order valence-electron chi connectivity index (χ0n) is 3.12. The Morgan fingerprint density at radius 2 is 1.25 bits per heavy atom. The zero-order valence-corrected chi connectivity index (χ0v) is 6.83. The first-order valence-electron chi connectivity index (χ1n) is 0.803. The molecule has 54 valence electrons. The first kappa shape index (κ1) is 16.0.